The summed E-state index contributed by atoms with van der Waals surface area (Å²) in [5, 5.41) is 20.6. The van der Waals surface area contributed by atoms with Crippen LogP contribution in [0.1, 0.15) is 53.7 Å². The Hall–Kier alpha value is -2.42. The molecule has 0 aliphatic rings. The van der Waals surface area contributed by atoms with Gasteiger partial charge in [0.1, 0.15) is 30.9 Å². The lowest BCUT2D eigenvalue weighted by Crippen LogP contribution is -2.10. The van der Waals surface area contributed by atoms with Crippen LogP contribution in [0.3, 0.4) is 0 Å². The molecule has 1 unspecified atom stereocenters. The second-order valence-electron chi connectivity index (χ2n) is 8.50. The largest absolute Gasteiger partial charge is 0.490 e. The van der Waals surface area contributed by atoms with Crippen LogP contribution >= 0.6 is 31.9 Å². The molecule has 3 aromatic rings. The number of ether oxygens (including phenoxy) is 2. The molecule has 35 heavy (non-hydrogen) atoms. The van der Waals surface area contributed by atoms with E-state index in [9.17, 15) is 14.3 Å². The lowest BCUT2D eigenvalue weighted by atomic mass is 9.94. The van der Waals surface area contributed by atoms with Gasteiger partial charge >= 0.3 is 5.97 Å². The van der Waals surface area contributed by atoms with E-state index >= 15 is 0 Å². The molecule has 5 nitrogen and oxygen atoms in total. The van der Waals surface area contributed by atoms with Gasteiger partial charge in [0, 0.05) is 0 Å². The predicted molar refractivity (Wildman–Crippen MR) is 140 cm³/mol. The molecule has 3 rings (SSSR count). The van der Waals surface area contributed by atoms with Crippen LogP contribution < -0.4 is 9.47 Å². The van der Waals surface area contributed by atoms with Crippen LogP contribution in [0.15, 0.2) is 57.5 Å². The number of rotatable bonds is 10. The number of aryl methyl sites for hydroxylation is 1. The predicted octanol–water partition coefficient (Wildman–Crippen LogP) is 7.49. The van der Waals surface area contributed by atoms with Crippen molar-refractivity contribution >= 4 is 37.8 Å². The van der Waals surface area contributed by atoms with Crippen molar-refractivity contribution in [3.63, 3.8) is 0 Å². The fourth-order valence-electron chi connectivity index (χ4n) is 3.68. The fourth-order valence-corrected chi connectivity index (χ4v) is 5.12. The van der Waals surface area contributed by atoms with Gasteiger partial charge in [-0.1, -0.05) is 43.7 Å². The summed E-state index contributed by atoms with van der Waals surface area (Å²) >= 11 is 6.96. The van der Waals surface area contributed by atoms with Crippen molar-refractivity contribution in [3.05, 3.63) is 85.3 Å². The molecule has 0 saturated carbocycles. The third kappa shape index (κ3) is 6.84. The SMILES string of the molecule is Cc1cccc(C(O)c2c(OCCF)cc(C(C)C)cc2Oc2c(Br)cc(CC(=O)O)cc2Br)c1. The minimum absolute atomic E-state index is 0.111. The van der Waals surface area contributed by atoms with Gasteiger partial charge in [-0.25, -0.2) is 4.39 Å². The summed E-state index contributed by atoms with van der Waals surface area (Å²) < 4.78 is 26.2. The summed E-state index contributed by atoms with van der Waals surface area (Å²) in [6.45, 7) is 5.13. The third-order valence-electron chi connectivity index (χ3n) is 5.38. The fraction of sp³-hybridized carbons (Fsp3) is 0.296. The van der Waals surface area contributed by atoms with Crippen LogP contribution in [0, 0.1) is 6.92 Å². The molecule has 0 aliphatic heterocycles. The van der Waals surface area contributed by atoms with E-state index in [2.05, 4.69) is 31.9 Å². The third-order valence-corrected chi connectivity index (χ3v) is 6.56. The van der Waals surface area contributed by atoms with Crippen LogP contribution in [0.4, 0.5) is 4.39 Å². The Labute approximate surface area is 221 Å². The minimum atomic E-state index is -1.09. The Kier molecular flexibility index (Phi) is 9.33. The van der Waals surface area contributed by atoms with Gasteiger partial charge in [0.05, 0.1) is 20.9 Å². The Morgan fingerprint density at radius 1 is 1.03 bits per heavy atom. The topological polar surface area (TPSA) is 76.0 Å². The van der Waals surface area contributed by atoms with Gasteiger partial charge in [0.2, 0.25) is 0 Å². The molecule has 0 spiro atoms. The zero-order valence-corrected chi connectivity index (χ0v) is 22.8. The highest BCUT2D eigenvalue weighted by Crippen LogP contribution is 2.45. The van der Waals surface area contributed by atoms with Crippen LogP contribution in [-0.4, -0.2) is 29.5 Å². The molecule has 2 N–H and O–H groups in total. The second kappa shape index (κ2) is 12.0. The molecule has 0 heterocycles. The highest BCUT2D eigenvalue weighted by Gasteiger charge is 2.25. The van der Waals surface area contributed by atoms with Crippen LogP contribution in [0.25, 0.3) is 0 Å². The van der Waals surface area contributed by atoms with E-state index < -0.39 is 18.7 Å². The quantitative estimate of drug-likeness (QED) is 0.249. The second-order valence-corrected chi connectivity index (χ2v) is 10.2. The minimum Gasteiger partial charge on any atom is -0.490 e. The smallest absolute Gasteiger partial charge is 0.307 e. The Morgan fingerprint density at radius 3 is 2.26 bits per heavy atom. The average molecular weight is 610 g/mol. The summed E-state index contributed by atoms with van der Waals surface area (Å²) in [4.78, 5) is 11.1. The van der Waals surface area contributed by atoms with E-state index in [1.165, 1.54) is 0 Å². The van der Waals surface area contributed by atoms with E-state index in [1.54, 1.807) is 12.1 Å². The molecule has 8 heteroatoms. The highest BCUT2D eigenvalue weighted by atomic mass is 79.9. The van der Waals surface area contributed by atoms with E-state index in [4.69, 9.17) is 14.6 Å². The Balaban J connectivity index is 2.18. The number of aliphatic hydroxyl groups is 1. The van der Waals surface area contributed by atoms with Crippen molar-refractivity contribution in [1.29, 1.82) is 0 Å². The maximum absolute atomic E-state index is 13.1. The zero-order valence-electron chi connectivity index (χ0n) is 19.6. The van der Waals surface area contributed by atoms with Crippen molar-refractivity contribution in [2.45, 2.75) is 39.2 Å². The number of hydrogen-bond acceptors (Lipinski definition) is 4. The molecule has 1 atom stereocenters. The molecule has 0 amide bonds. The number of aliphatic hydroxyl groups excluding tert-OH is 1. The number of alkyl halides is 1. The molecule has 0 saturated heterocycles. The van der Waals surface area contributed by atoms with Crippen LogP contribution in [-0.2, 0) is 11.2 Å². The molecule has 0 fully saturated rings. The van der Waals surface area contributed by atoms with Crippen molar-refractivity contribution < 1.29 is 28.9 Å². The highest BCUT2D eigenvalue weighted by molar-refractivity contribution is 9.11. The van der Waals surface area contributed by atoms with Crippen molar-refractivity contribution in [3.8, 4) is 17.2 Å². The first-order valence-corrected chi connectivity index (χ1v) is 12.7. The lowest BCUT2D eigenvalue weighted by molar-refractivity contribution is -0.136. The summed E-state index contributed by atoms with van der Waals surface area (Å²) in [7, 11) is 0. The number of carboxylic acids is 1. The van der Waals surface area contributed by atoms with Gasteiger partial charge < -0.3 is 19.7 Å². The van der Waals surface area contributed by atoms with E-state index in [0.717, 1.165) is 11.1 Å². The zero-order chi connectivity index (χ0) is 25.7. The number of halogens is 3. The van der Waals surface area contributed by atoms with Gasteiger partial charge in [-0.15, -0.1) is 0 Å². The van der Waals surface area contributed by atoms with Crippen LogP contribution in [0.2, 0.25) is 0 Å². The maximum atomic E-state index is 13.1. The lowest BCUT2D eigenvalue weighted by Gasteiger charge is -2.23. The number of carboxylic acid groups (broad SMARTS) is 1. The van der Waals surface area contributed by atoms with Crippen LogP contribution in [0.5, 0.6) is 17.2 Å². The molecular weight excluding hydrogens is 583 g/mol. The molecule has 0 aromatic heterocycles. The van der Waals surface area contributed by atoms with E-state index in [-0.39, 0.29) is 18.9 Å². The van der Waals surface area contributed by atoms with Gasteiger partial charge in [-0.05, 0) is 85.7 Å². The summed E-state index contributed by atoms with van der Waals surface area (Å²) in [6.07, 6.45) is -1.23. The van der Waals surface area contributed by atoms with Gasteiger partial charge in [0.25, 0.3) is 0 Å². The molecule has 0 aliphatic carbocycles. The molecule has 186 valence electrons. The number of benzene rings is 3. The summed E-state index contributed by atoms with van der Waals surface area (Å²) in [5.41, 5.74) is 3.48. The molecule has 3 aromatic carbocycles. The number of hydrogen-bond donors (Lipinski definition) is 2. The average Bonchev–Trinajstić information content (AvgIpc) is 2.78. The van der Waals surface area contributed by atoms with Crippen molar-refractivity contribution in [1.82, 2.24) is 0 Å². The normalized spacial score (nSPS) is 12.0. The molecule has 0 radical (unpaired) electrons. The van der Waals surface area contributed by atoms with E-state index in [1.807, 2.05) is 57.2 Å². The molecular formula is C27H27Br2FO5. The first-order valence-electron chi connectivity index (χ1n) is 11.1. The van der Waals surface area contributed by atoms with Gasteiger partial charge in [0.15, 0.2) is 5.75 Å². The monoisotopic (exact) mass is 608 g/mol. The van der Waals surface area contributed by atoms with E-state index in [0.29, 0.717) is 42.9 Å². The maximum Gasteiger partial charge on any atom is 0.307 e. The van der Waals surface area contributed by atoms with Gasteiger partial charge in [-0.3, -0.25) is 4.79 Å². The summed E-state index contributed by atoms with van der Waals surface area (Å²) in [5.74, 6) is 0.272. The van der Waals surface area contributed by atoms with Crippen molar-refractivity contribution in [2.24, 2.45) is 0 Å². The van der Waals surface area contributed by atoms with Gasteiger partial charge in [-0.2, -0.15) is 0 Å². The van der Waals surface area contributed by atoms with Crippen molar-refractivity contribution in [2.75, 3.05) is 13.3 Å². The first kappa shape index (κ1) is 27.2. The standard InChI is InChI=1S/C27H27Br2FO5/c1-15(2)19-13-22(34-8-7-30)25(26(33)18-6-4-5-16(3)9-18)23(14-19)35-27-20(28)10-17(11-21(27)29)12-24(31)32/h4-6,9-11,13-15,26,33H,7-8,12H2,1-3H3,(H,31,32). The molecule has 0 bridgehead atoms. The Morgan fingerprint density at radius 2 is 1.69 bits per heavy atom. The first-order chi connectivity index (χ1) is 16.6. The number of aliphatic carboxylic acids is 1. The number of carbonyl (C=O) groups is 1. The Bertz CT molecular complexity index is 1190. The summed E-state index contributed by atoms with van der Waals surface area (Å²) in [6, 6.07) is 14.5.